The number of amides is 1. The summed E-state index contributed by atoms with van der Waals surface area (Å²) in [7, 11) is 0. The molecule has 24 heavy (non-hydrogen) atoms. The van der Waals surface area contributed by atoms with E-state index in [-0.39, 0.29) is 18.4 Å². The molecule has 1 amide bonds. The number of aryl methyl sites for hydroxylation is 1. The van der Waals surface area contributed by atoms with Crippen LogP contribution < -0.4 is 5.32 Å². The summed E-state index contributed by atoms with van der Waals surface area (Å²) >= 11 is 6.13. The Kier molecular flexibility index (Phi) is 4.96. The minimum Gasteiger partial charge on any atom is -0.461 e. The Bertz CT molecular complexity index is 814. The second-order valence-electron chi connectivity index (χ2n) is 5.30. The van der Waals surface area contributed by atoms with Crippen LogP contribution in [0.25, 0.3) is 11.6 Å². The highest BCUT2D eigenvalue weighted by molar-refractivity contribution is 6.31. The van der Waals surface area contributed by atoms with Crippen LogP contribution in [-0.4, -0.2) is 16.0 Å². The summed E-state index contributed by atoms with van der Waals surface area (Å²) in [5.41, 5.74) is 0.880. The van der Waals surface area contributed by atoms with E-state index in [1.807, 2.05) is 25.1 Å². The maximum absolute atomic E-state index is 12.1. The molecule has 0 aliphatic rings. The number of hydrogen-bond acceptors (Lipinski definition) is 5. The van der Waals surface area contributed by atoms with Crippen molar-refractivity contribution >= 4 is 17.5 Å². The smallest absolute Gasteiger partial charge is 0.238 e. The largest absolute Gasteiger partial charge is 0.461 e. The van der Waals surface area contributed by atoms with Gasteiger partial charge >= 0.3 is 0 Å². The Morgan fingerprint density at radius 3 is 2.88 bits per heavy atom. The normalized spacial score (nSPS) is 12.1. The molecule has 3 aromatic rings. The highest BCUT2D eigenvalue weighted by Crippen LogP contribution is 2.22. The Labute approximate surface area is 143 Å². The second kappa shape index (κ2) is 7.31. The molecular weight excluding hydrogens is 330 g/mol. The van der Waals surface area contributed by atoms with Crippen LogP contribution >= 0.6 is 11.6 Å². The predicted octanol–water partition coefficient (Wildman–Crippen LogP) is 3.79. The van der Waals surface area contributed by atoms with Crippen molar-refractivity contribution in [3.63, 3.8) is 0 Å². The van der Waals surface area contributed by atoms with Gasteiger partial charge in [-0.1, -0.05) is 35.0 Å². The lowest BCUT2D eigenvalue weighted by molar-refractivity contribution is -0.121. The number of carbonyl (C=O) groups excluding carboxylic acids is 1. The zero-order valence-electron chi connectivity index (χ0n) is 13.0. The average molecular weight is 346 g/mol. The zero-order chi connectivity index (χ0) is 16.9. The standard InChI is InChI=1S/C17H16ClN3O3/c1-11(12-5-2-3-6-13(12)18)19-15(22)8-9-16-20-17(21-24-16)14-7-4-10-23-14/h2-7,10-11H,8-9H2,1H3,(H,19,22). The third-order valence-electron chi connectivity index (χ3n) is 3.52. The molecular formula is C17H16ClN3O3. The molecule has 0 fully saturated rings. The fourth-order valence-electron chi connectivity index (χ4n) is 2.30. The van der Waals surface area contributed by atoms with Crippen molar-refractivity contribution in [2.24, 2.45) is 0 Å². The molecule has 1 unspecified atom stereocenters. The first kappa shape index (κ1) is 16.3. The molecule has 2 aromatic heterocycles. The molecule has 3 rings (SSSR count). The van der Waals surface area contributed by atoms with Crippen molar-refractivity contribution in [2.75, 3.05) is 0 Å². The molecule has 1 N–H and O–H groups in total. The number of carbonyl (C=O) groups is 1. The van der Waals surface area contributed by atoms with E-state index in [1.165, 1.54) is 6.26 Å². The van der Waals surface area contributed by atoms with Gasteiger partial charge < -0.3 is 14.3 Å². The van der Waals surface area contributed by atoms with Crippen LogP contribution in [-0.2, 0) is 11.2 Å². The average Bonchev–Trinajstić information content (AvgIpc) is 3.24. The van der Waals surface area contributed by atoms with Crippen LogP contribution in [0.1, 0.15) is 30.8 Å². The maximum Gasteiger partial charge on any atom is 0.238 e. The predicted molar refractivity (Wildman–Crippen MR) is 88.3 cm³/mol. The number of nitrogens with one attached hydrogen (secondary N) is 1. The topological polar surface area (TPSA) is 81.2 Å². The van der Waals surface area contributed by atoms with Crippen molar-refractivity contribution < 1.29 is 13.7 Å². The molecule has 124 valence electrons. The molecule has 2 heterocycles. The first-order valence-corrected chi connectivity index (χ1v) is 7.91. The molecule has 0 aliphatic heterocycles. The number of furan rings is 1. The summed E-state index contributed by atoms with van der Waals surface area (Å²) in [5.74, 6) is 1.18. The summed E-state index contributed by atoms with van der Waals surface area (Å²) in [4.78, 5) is 16.3. The van der Waals surface area contributed by atoms with Gasteiger partial charge in [-0.25, -0.2) is 0 Å². The Morgan fingerprint density at radius 1 is 1.29 bits per heavy atom. The lowest BCUT2D eigenvalue weighted by Gasteiger charge is -2.15. The van der Waals surface area contributed by atoms with Crippen LogP contribution in [0.4, 0.5) is 0 Å². The summed E-state index contributed by atoms with van der Waals surface area (Å²) in [5, 5.41) is 7.37. The summed E-state index contributed by atoms with van der Waals surface area (Å²) in [6.45, 7) is 1.89. The van der Waals surface area contributed by atoms with Crippen LogP contribution in [0.2, 0.25) is 5.02 Å². The molecule has 0 spiro atoms. The lowest BCUT2D eigenvalue weighted by Crippen LogP contribution is -2.27. The van der Waals surface area contributed by atoms with E-state index in [0.29, 0.717) is 28.9 Å². The van der Waals surface area contributed by atoms with Gasteiger partial charge in [0.05, 0.1) is 12.3 Å². The van der Waals surface area contributed by atoms with Crippen molar-refractivity contribution in [3.05, 3.63) is 59.1 Å². The fraction of sp³-hybridized carbons (Fsp3) is 0.235. The lowest BCUT2D eigenvalue weighted by atomic mass is 10.1. The van der Waals surface area contributed by atoms with Crippen LogP contribution in [0, 0.1) is 0 Å². The van der Waals surface area contributed by atoms with Gasteiger partial charge in [-0.3, -0.25) is 4.79 Å². The Balaban J connectivity index is 1.53. The first-order valence-electron chi connectivity index (χ1n) is 7.53. The van der Waals surface area contributed by atoms with E-state index in [0.717, 1.165) is 5.56 Å². The van der Waals surface area contributed by atoms with Gasteiger partial charge in [-0.2, -0.15) is 4.98 Å². The molecule has 7 heteroatoms. The van der Waals surface area contributed by atoms with E-state index in [2.05, 4.69) is 15.5 Å². The van der Waals surface area contributed by atoms with E-state index >= 15 is 0 Å². The fourth-order valence-corrected chi connectivity index (χ4v) is 2.60. The minimum absolute atomic E-state index is 0.111. The summed E-state index contributed by atoms with van der Waals surface area (Å²) in [6, 6.07) is 10.7. The molecule has 6 nitrogen and oxygen atoms in total. The molecule has 0 saturated heterocycles. The van der Waals surface area contributed by atoms with Crippen LogP contribution in [0.3, 0.4) is 0 Å². The third kappa shape index (κ3) is 3.83. The summed E-state index contributed by atoms with van der Waals surface area (Å²) in [6.07, 6.45) is 2.14. The maximum atomic E-state index is 12.1. The van der Waals surface area contributed by atoms with Crippen molar-refractivity contribution in [3.8, 4) is 11.6 Å². The number of halogens is 1. The van der Waals surface area contributed by atoms with Gasteiger partial charge in [0.15, 0.2) is 5.76 Å². The summed E-state index contributed by atoms with van der Waals surface area (Å²) < 4.78 is 10.3. The SMILES string of the molecule is CC(NC(=O)CCc1nc(-c2ccco2)no1)c1ccccc1Cl. The van der Waals surface area contributed by atoms with Gasteiger partial charge in [0.25, 0.3) is 0 Å². The van der Waals surface area contributed by atoms with Crippen molar-refractivity contribution in [1.29, 1.82) is 0 Å². The van der Waals surface area contributed by atoms with E-state index in [4.69, 9.17) is 20.5 Å². The zero-order valence-corrected chi connectivity index (χ0v) is 13.8. The molecule has 1 aromatic carbocycles. The van der Waals surface area contributed by atoms with E-state index in [1.54, 1.807) is 18.2 Å². The monoisotopic (exact) mass is 345 g/mol. The Morgan fingerprint density at radius 2 is 2.12 bits per heavy atom. The van der Waals surface area contributed by atoms with Gasteiger partial charge in [0.1, 0.15) is 0 Å². The van der Waals surface area contributed by atoms with Gasteiger partial charge in [-0.15, -0.1) is 0 Å². The molecule has 0 saturated carbocycles. The molecule has 0 aliphatic carbocycles. The van der Waals surface area contributed by atoms with Crippen LogP contribution in [0.5, 0.6) is 0 Å². The van der Waals surface area contributed by atoms with Crippen LogP contribution in [0.15, 0.2) is 51.6 Å². The molecule has 1 atom stereocenters. The highest BCUT2D eigenvalue weighted by atomic mass is 35.5. The van der Waals surface area contributed by atoms with Gasteiger partial charge in [-0.05, 0) is 30.7 Å². The quantitative estimate of drug-likeness (QED) is 0.735. The molecule has 0 bridgehead atoms. The number of nitrogens with zero attached hydrogens (tertiary/aromatic N) is 2. The first-order chi connectivity index (χ1) is 11.6. The Hall–Kier alpha value is -2.60. The van der Waals surface area contributed by atoms with Crippen molar-refractivity contribution in [2.45, 2.75) is 25.8 Å². The third-order valence-corrected chi connectivity index (χ3v) is 3.87. The number of benzene rings is 1. The number of aromatic nitrogens is 2. The molecule has 0 radical (unpaired) electrons. The second-order valence-corrected chi connectivity index (χ2v) is 5.71. The van der Waals surface area contributed by atoms with E-state index in [9.17, 15) is 4.79 Å². The van der Waals surface area contributed by atoms with Crippen molar-refractivity contribution in [1.82, 2.24) is 15.5 Å². The highest BCUT2D eigenvalue weighted by Gasteiger charge is 2.15. The van der Waals surface area contributed by atoms with Gasteiger partial charge in [0, 0.05) is 17.9 Å². The number of rotatable bonds is 6. The van der Waals surface area contributed by atoms with Gasteiger partial charge in [0.2, 0.25) is 17.6 Å². The minimum atomic E-state index is -0.174. The van der Waals surface area contributed by atoms with E-state index < -0.39 is 0 Å². The number of hydrogen-bond donors (Lipinski definition) is 1.